The Labute approximate surface area is 235 Å². The minimum Gasteiger partial charge on any atom is -0.496 e. The third kappa shape index (κ3) is 7.18. The number of hydrogen-bond donors (Lipinski definition) is 1. The zero-order valence-electron chi connectivity index (χ0n) is 24.3. The number of methoxy groups -OCH3 is 1. The molecule has 0 spiro atoms. The lowest BCUT2D eigenvalue weighted by atomic mass is 9.99. The molecule has 216 valence electrons. The molecule has 10 nitrogen and oxygen atoms in total. The lowest BCUT2D eigenvalue weighted by molar-refractivity contribution is -0.159. The van der Waals surface area contributed by atoms with Gasteiger partial charge in [0.15, 0.2) is 0 Å². The van der Waals surface area contributed by atoms with E-state index in [1.165, 1.54) is 7.11 Å². The van der Waals surface area contributed by atoms with Gasteiger partial charge >= 0.3 is 12.1 Å². The maximum absolute atomic E-state index is 14.0. The number of ether oxygens (including phenoxy) is 3. The normalized spacial score (nSPS) is 13.8. The van der Waals surface area contributed by atoms with Gasteiger partial charge in [0.1, 0.15) is 5.75 Å². The van der Waals surface area contributed by atoms with Crippen LogP contribution in [0.2, 0.25) is 0 Å². The van der Waals surface area contributed by atoms with Crippen LogP contribution in [0.1, 0.15) is 71.0 Å². The molecule has 1 saturated heterocycles. The summed E-state index contributed by atoms with van der Waals surface area (Å²) in [7, 11) is 1.48. The van der Waals surface area contributed by atoms with Crippen molar-refractivity contribution in [2.45, 2.75) is 59.9 Å². The van der Waals surface area contributed by atoms with Crippen molar-refractivity contribution < 1.29 is 33.4 Å². The first-order valence-electron chi connectivity index (χ1n) is 13.3. The lowest BCUT2D eigenvalue weighted by Gasteiger charge is -2.41. The molecule has 1 heterocycles. The van der Waals surface area contributed by atoms with Gasteiger partial charge in [0.2, 0.25) is 6.79 Å². The summed E-state index contributed by atoms with van der Waals surface area (Å²) in [4.78, 5) is 54.1. The zero-order valence-corrected chi connectivity index (χ0v) is 24.3. The molecule has 1 N–H and O–H groups in total. The van der Waals surface area contributed by atoms with E-state index in [0.717, 1.165) is 16.1 Å². The summed E-state index contributed by atoms with van der Waals surface area (Å²) >= 11 is 0. The lowest BCUT2D eigenvalue weighted by Crippen LogP contribution is -2.60. The van der Waals surface area contributed by atoms with E-state index in [-0.39, 0.29) is 11.5 Å². The van der Waals surface area contributed by atoms with Gasteiger partial charge in [-0.1, -0.05) is 23.3 Å². The summed E-state index contributed by atoms with van der Waals surface area (Å²) in [5, 5.41) is 4.94. The number of amides is 3. The first-order valence-corrected chi connectivity index (χ1v) is 13.3. The van der Waals surface area contributed by atoms with Gasteiger partial charge in [-0.3, -0.25) is 14.4 Å². The van der Waals surface area contributed by atoms with Crippen molar-refractivity contribution in [1.29, 1.82) is 0 Å². The number of imide groups is 1. The number of carbonyl (C=O) groups excluding carboxylic acids is 4. The van der Waals surface area contributed by atoms with E-state index in [1.807, 2.05) is 19.9 Å². The van der Waals surface area contributed by atoms with E-state index >= 15 is 0 Å². The number of carbonyl (C=O) groups is 4. The second kappa shape index (κ2) is 13.0. The molecule has 0 aliphatic carbocycles. The predicted octanol–water partition coefficient (Wildman–Crippen LogP) is 4.56. The van der Waals surface area contributed by atoms with Crippen LogP contribution in [-0.4, -0.2) is 66.4 Å². The standard InChI is InChI=1S/C30H39N3O7/c1-19-15-20(2)17-23(16-19)26(34)33(30(4,5)6)32(27(35)24-9-8-10-25(38-7)21(24)3)29(37)40-18-39-28(36)22-11-13-31-14-12-22/h8-10,15-17,22,31H,11-14,18H2,1-7H3. The van der Waals surface area contributed by atoms with Crippen LogP contribution in [0.15, 0.2) is 36.4 Å². The maximum atomic E-state index is 14.0. The molecular weight excluding hydrogens is 514 g/mol. The van der Waals surface area contributed by atoms with Gasteiger partial charge in [-0.2, -0.15) is 0 Å². The van der Waals surface area contributed by atoms with Crippen molar-refractivity contribution in [3.8, 4) is 5.75 Å². The van der Waals surface area contributed by atoms with Gasteiger partial charge < -0.3 is 19.5 Å². The molecule has 1 aliphatic heterocycles. The van der Waals surface area contributed by atoms with Crippen LogP contribution in [0.4, 0.5) is 4.79 Å². The van der Waals surface area contributed by atoms with Crippen molar-refractivity contribution in [2.24, 2.45) is 5.92 Å². The second-order valence-corrected chi connectivity index (χ2v) is 10.9. The average Bonchev–Trinajstić information content (AvgIpc) is 2.90. The molecule has 2 aromatic carbocycles. The minimum atomic E-state index is -1.15. The maximum Gasteiger partial charge on any atom is 0.439 e. The van der Waals surface area contributed by atoms with Crippen LogP contribution in [0, 0.1) is 26.7 Å². The van der Waals surface area contributed by atoms with Crippen molar-refractivity contribution >= 4 is 23.9 Å². The summed E-state index contributed by atoms with van der Waals surface area (Å²) in [6.07, 6.45) is 0.0849. The van der Waals surface area contributed by atoms with Crippen molar-refractivity contribution in [2.75, 3.05) is 27.0 Å². The van der Waals surface area contributed by atoms with Crippen LogP contribution >= 0.6 is 0 Å². The topological polar surface area (TPSA) is 114 Å². The van der Waals surface area contributed by atoms with E-state index < -0.39 is 36.2 Å². The molecule has 0 atom stereocenters. The number of aryl methyl sites for hydroxylation is 2. The average molecular weight is 554 g/mol. The van der Waals surface area contributed by atoms with Crippen LogP contribution in [-0.2, 0) is 14.3 Å². The Kier molecular flexibility index (Phi) is 9.92. The smallest absolute Gasteiger partial charge is 0.439 e. The van der Waals surface area contributed by atoms with Gasteiger partial charge in [-0.15, -0.1) is 5.01 Å². The molecule has 2 aromatic rings. The number of esters is 1. The number of nitrogens with one attached hydrogen (secondary N) is 1. The highest BCUT2D eigenvalue weighted by Crippen LogP contribution is 2.27. The van der Waals surface area contributed by atoms with Crippen LogP contribution in [0.25, 0.3) is 0 Å². The number of hydrazine groups is 1. The molecule has 10 heteroatoms. The van der Waals surface area contributed by atoms with E-state index in [4.69, 9.17) is 14.2 Å². The molecule has 3 rings (SSSR count). The van der Waals surface area contributed by atoms with Gasteiger partial charge in [-0.25, -0.2) is 9.80 Å². The predicted molar refractivity (Wildman–Crippen MR) is 149 cm³/mol. The molecule has 0 saturated carbocycles. The molecule has 3 amide bonds. The summed E-state index contributed by atoms with van der Waals surface area (Å²) in [5.74, 6) is -1.70. The summed E-state index contributed by atoms with van der Waals surface area (Å²) in [6.45, 7) is 11.2. The largest absolute Gasteiger partial charge is 0.496 e. The van der Waals surface area contributed by atoms with Gasteiger partial charge in [0.05, 0.1) is 18.6 Å². The number of hydrogen-bond acceptors (Lipinski definition) is 8. The Morgan fingerprint density at radius 2 is 1.55 bits per heavy atom. The fraction of sp³-hybridized carbons (Fsp3) is 0.467. The first kappa shape index (κ1) is 30.6. The number of rotatable bonds is 6. The molecule has 1 fully saturated rings. The molecule has 0 aromatic heterocycles. The summed E-state index contributed by atoms with van der Waals surface area (Å²) < 4.78 is 15.9. The Bertz CT molecular complexity index is 1240. The second-order valence-electron chi connectivity index (χ2n) is 10.9. The molecule has 0 radical (unpaired) electrons. The molecule has 0 unspecified atom stereocenters. The van der Waals surface area contributed by atoms with Gasteiger partial charge in [-0.05, 0) is 91.7 Å². The Balaban J connectivity index is 1.99. The minimum absolute atomic E-state index is 0.144. The zero-order chi connectivity index (χ0) is 29.6. The van der Waals surface area contributed by atoms with Crippen LogP contribution in [0.5, 0.6) is 5.75 Å². The molecule has 40 heavy (non-hydrogen) atoms. The number of piperidine rings is 1. The van der Waals surface area contributed by atoms with Crippen molar-refractivity contribution in [3.63, 3.8) is 0 Å². The van der Waals surface area contributed by atoms with Crippen LogP contribution < -0.4 is 10.1 Å². The van der Waals surface area contributed by atoms with Crippen molar-refractivity contribution in [3.05, 3.63) is 64.2 Å². The third-order valence-corrected chi connectivity index (χ3v) is 6.65. The summed E-state index contributed by atoms with van der Waals surface area (Å²) in [6, 6.07) is 10.2. The van der Waals surface area contributed by atoms with E-state index in [2.05, 4.69) is 5.32 Å². The molecular formula is C30H39N3O7. The monoisotopic (exact) mass is 553 g/mol. The van der Waals surface area contributed by atoms with E-state index in [9.17, 15) is 19.2 Å². The number of nitrogens with zero attached hydrogens (tertiary/aromatic N) is 2. The fourth-order valence-electron chi connectivity index (χ4n) is 4.73. The highest BCUT2D eigenvalue weighted by Gasteiger charge is 2.41. The third-order valence-electron chi connectivity index (χ3n) is 6.65. The SMILES string of the molecule is COc1cccc(C(=O)N(C(=O)OCOC(=O)C2CCNCC2)N(C(=O)c2cc(C)cc(C)c2)C(C)(C)C)c1C. The Hall–Kier alpha value is -3.92. The highest BCUT2D eigenvalue weighted by atomic mass is 16.7. The Morgan fingerprint density at radius 3 is 2.12 bits per heavy atom. The van der Waals surface area contributed by atoms with E-state index in [0.29, 0.717) is 47.8 Å². The van der Waals surface area contributed by atoms with Crippen molar-refractivity contribution in [1.82, 2.24) is 15.3 Å². The highest BCUT2D eigenvalue weighted by molar-refractivity contribution is 6.07. The van der Waals surface area contributed by atoms with Crippen LogP contribution in [0.3, 0.4) is 0 Å². The first-order chi connectivity index (χ1) is 18.8. The Morgan fingerprint density at radius 1 is 0.925 bits per heavy atom. The van der Waals surface area contributed by atoms with Gasteiger partial charge in [0, 0.05) is 16.7 Å². The fourth-order valence-corrected chi connectivity index (χ4v) is 4.73. The molecule has 0 bridgehead atoms. The van der Waals surface area contributed by atoms with E-state index in [1.54, 1.807) is 58.0 Å². The quantitative estimate of drug-likeness (QED) is 0.315. The summed E-state index contributed by atoms with van der Waals surface area (Å²) in [5.41, 5.74) is 1.60. The number of benzene rings is 2. The molecule has 1 aliphatic rings. The van der Waals surface area contributed by atoms with Gasteiger partial charge in [0.25, 0.3) is 11.8 Å².